The van der Waals surface area contributed by atoms with Crippen molar-refractivity contribution >= 4 is 0 Å². The van der Waals surface area contributed by atoms with E-state index in [9.17, 15) is 13.2 Å². The number of nitrogens with one attached hydrogen (secondary N) is 1. The quantitative estimate of drug-likeness (QED) is 0.578. The van der Waals surface area contributed by atoms with Gasteiger partial charge in [-0.15, -0.1) is 0 Å². The molecule has 0 bridgehead atoms. The molecule has 5 heteroatoms. The van der Waals surface area contributed by atoms with Crippen molar-refractivity contribution < 1.29 is 17.9 Å². The third-order valence-electron chi connectivity index (χ3n) is 2.94. The summed E-state index contributed by atoms with van der Waals surface area (Å²) in [6, 6.07) is 0.156. The fourth-order valence-corrected chi connectivity index (χ4v) is 2.08. The molecular weight excluding hydrogens is 231 g/mol. The Balaban J connectivity index is 2.25. The Hall–Kier alpha value is -0.550. The average molecular weight is 251 g/mol. The highest BCUT2D eigenvalue weighted by Gasteiger charge is 2.27. The van der Waals surface area contributed by atoms with Gasteiger partial charge in [-0.05, 0) is 39.2 Å². The number of halogens is 3. The van der Waals surface area contributed by atoms with Crippen molar-refractivity contribution in [1.29, 1.82) is 0 Å². The van der Waals surface area contributed by atoms with Crippen molar-refractivity contribution in [3.05, 3.63) is 11.6 Å². The minimum absolute atomic E-state index is 0.141. The van der Waals surface area contributed by atoms with Crippen molar-refractivity contribution in [1.82, 2.24) is 5.32 Å². The van der Waals surface area contributed by atoms with E-state index in [4.69, 9.17) is 0 Å². The molecule has 0 fully saturated rings. The lowest BCUT2D eigenvalue weighted by Crippen LogP contribution is -2.30. The summed E-state index contributed by atoms with van der Waals surface area (Å²) in [6.07, 6.45) is 3.09. The maximum Gasteiger partial charge on any atom is 0.411 e. The molecule has 0 heterocycles. The highest BCUT2D eigenvalue weighted by molar-refractivity contribution is 5.12. The number of alkyl halides is 3. The zero-order valence-electron chi connectivity index (χ0n) is 10.1. The van der Waals surface area contributed by atoms with Gasteiger partial charge in [0, 0.05) is 12.6 Å². The average Bonchev–Trinajstić information content (AvgIpc) is 2.29. The molecule has 0 aromatic rings. The zero-order chi connectivity index (χ0) is 12.7. The van der Waals surface area contributed by atoms with Crippen LogP contribution >= 0.6 is 0 Å². The summed E-state index contributed by atoms with van der Waals surface area (Å²) in [5.41, 5.74) is 1.31. The first-order valence-electron chi connectivity index (χ1n) is 6.03. The summed E-state index contributed by atoms with van der Waals surface area (Å²) in [5, 5.41) is 3.14. The Labute approximate surface area is 100 Å². The van der Waals surface area contributed by atoms with Crippen molar-refractivity contribution in [2.24, 2.45) is 0 Å². The minimum Gasteiger partial charge on any atom is -0.372 e. The molecule has 0 spiro atoms. The molecule has 0 saturated heterocycles. The number of hydrogen-bond donors (Lipinski definition) is 1. The summed E-state index contributed by atoms with van der Waals surface area (Å²) in [4.78, 5) is 0. The first-order chi connectivity index (χ1) is 8.03. The van der Waals surface area contributed by atoms with Gasteiger partial charge in [-0.3, -0.25) is 0 Å². The van der Waals surface area contributed by atoms with E-state index < -0.39 is 12.8 Å². The second-order valence-electron chi connectivity index (χ2n) is 4.32. The molecule has 1 aliphatic rings. The Kier molecular flexibility index (Phi) is 5.98. The van der Waals surface area contributed by atoms with Gasteiger partial charge in [-0.1, -0.05) is 11.6 Å². The fourth-order valence-electron chi connectivity index (χ4n) is 2.08. The summed E-state index contributed by atoms with van der Waals surface area (Å²) < 4.78 is 40.2. The van der Waals surface area contributed by atoms with Crippen LogP contribution in [0.3, 0.4) is 0 Å². The molecule has 1 N–H and O–H groups in total. The second-order valence-corrected chi connectivity index (χ2v) is 4.32. The molecule has 100 valence electrons. The highest BCUT2D eigenvalue weighted by atomic mass is 19.4. The predicted molar refractivity (Wildman–Crippen MR) is 60.9 cm³/mol. The van der Waals surface area contributed by atoms with E-state index >= 15 is 0 Å². The Morgan fingerprint density at radius 2 is 2.18 bits per heavy atom. The van der Waals surface area contributed by atoms with E-state index in [-0.39, 0.29) is 12.6 Å². The highest BCUT2D eigenvalue weighted by Crippen LogP contribution is 2.22. The van der Waals surface area contributed by atoms with Crippen LogP contribution in [0.1, 0.15) is 32.1 Å². The standard InChI is InChI=1S/C12H20F3NO/c1-16-11(10-5-3-2-4-6-10)7-8-17-9-12(13,14)15/h5,11,16H,2-4,6-9H2,1H3. The van der Waals surface area contributed by atoms with Crippen LogP contribution < -0.4 is 5.32 Å². The topological polar surface area (TPSA) is 21.3 Å². The third kappa shape index (κ3) is 6.07. The molecule has 17 heavy (non-hydrogen) atoms. The van der Waals surface area contributed by atoms with E-state index in [0.29, 0.717) is 6.42 Å². The van der Waals surface area contributed by atoms with E-state index in [1.54, 1.807) is 0 Å². The number of rotatable bonds is 6. The van der Waals surface area contributed by atoms with Crippen LogP contribution in [0, 0.1) is 0 Å². The zero-order valence-corrected chi connectivity index (χ0v) is 10.1. The molecule has 1 atom stereocenters. The Morgan fingerprint density at radius 1 is 1.41 bits per heavy atom. The van der Waals surface area contributed by atoms with Crippen molar-refractivity contribution in [3.8, 4) is 0 Å². The first-order valence-corrected chi connectivity index (χ1v) is 6.03. The Morgan fingerprint density at radius 3 is 2.71 bits per heavy atom. The van der Waals surface area contributed by atoms with Crippen LogP contribution in [0.5, 0.6) is 0 Å². The summed E-state index contributed by atoms with van der Waals surface area (Å²) in [6.45, 7) is -1.01. The second kappa shape index (κ2) is 7.01. The first kappa shape index (κ1) is 14.5. The van der Waals surface area contributed by atoms with Gasteiger partial charge in [-0.2, -0.15) is 13.2 Å². The smallest absolute Gasteiger partial charge is 0.372 e. The summed E-state index contributed by atoms with van der Waals surface area (Å²) in [5.74, 6) is 0. The van der Waals surface area contributed by atoms with Gasteiger partial charge >= 0.3 is 6.18 Å². The maximum atomic E-state index is 11.9. The van der Waals surface area contributed by atoms with E-state index in [2.05, 4.69) is 16.1 Å². The lowest BCUT2D eigenvalue weighted by Gasteiger charge is -2.23. The molecule has 0 saturated carbocycles. The molecule has 1 unspecified atom stereocenters. The number of hydrogen-bond acceptors (Lipinski definition) is 2. The van der Waals surface area contributed by atoms with Gasteiger partial charge in [-0.25, -0.2) is 0 Å². The molecule has 2 nitrogen and oxygen atoms in total. The van der Waals surface area contributed by atoms with Gasteiger partial charge in [0.05, 0.1) is 0 Å². The van der Waals surface area contributed by atoms with Crippen LogP contribution in [0.25, 0.3) is 0 Å². The van der Waals surface area contributed by atoms with E-state index in [1.165, 1.54) is 18.4 Å². The molecule has 0 amide bonds. The minimum atomic E-state index is -4.22. The number of ether oxygens (including phenoxy) is 1. The van der Waals surface area contributed by atoms with Crippen molar-refractivity contribution in [2.75, 3.05) is 20.3 Å². The largest absolute Gasteiger partial charge is 0.411 e. The number of allylic oxidation sites excluding steroid dienone is 1. The van der Waals surface area contributed by atoms with Crippen LogP contribution in [-0.2, 0) is 4.74 Å². The van der Waals surface area contributed by atoms with Crippen LogP contribution in [0.2, 0.25) is 0 Å². The molecule has 0 aliphatic heterocycles. The molecule has 1 rings (SSSR count). The molecule has 0 aromatic carbocycles. The monoisotopic (exact) mass is 251 g/mol. The van der Waals surface area contributed by atoms with E-state index in [0.717, 1.165) is 12.8 Å². The summed E-state index contributed by atoms with van der Waals surface area (Å²) in [7, 11) is 1.84. The lowest BCUT2D eigenvalue weighted by molar-refractivity contribution is -0.174. The van der Waals surface area contributed by atoms with Crippen LogP contribution in [0.4, 0.5) is 13.2 Å². The maximum absolute atomic E-state index is 11.9. The Bertz CT molecular complexity index is 251. The number of likely N-dealkylation sites (N-methyl/N-ethyl adjacent to an activating group) is 1. The van der Waals surface area contributed by atoms with Gasteiger partial charge < -0.3 is 10.1 Å². The lowest BCUT2D eigenvalue weighted by atomic mass is 9.92. The fraction of sp³-hybridized carbons (Fsp3) is 0.833. The summed E-state index contributed by atoms with van der Waals surface area (Å²) >= 11 is 0. The van der Waals surface area contributed by atoms with Gasteiger partial charge in [0.25, 0.3) is 0 Å². The predicted octanol–water partition coefficient (Wildman–Crippen LogP) is 3.04. The molecule has 1 aliphatic carbocycles. The van der Waals surface area contributed by atoms with Crippen LogP contribution in [0.15, 0.2) is 11.6 Å². The normalized spacial score (nSPS) is 18.9. The van der Waals surface area contributed by atoms with E-state index in [1.807, 2.05) is 7.05 Å². The van der Waals surface area contributed by atoms with Crippen molar-refractivity contribution in [3.63, 3.8) is 0 Å². The van der Waals surface area contributed by atoms with Gasteiger partial charge in [0.1, 0.15) is 6.61 Å². The van der Waals surface area contributed by atoms with Gasteiger partial charge in [0.2, 0.25) is 0 Å². The molecular formula is C12H20F3NO. The SMILES string of the molecule is CNC(CCOCC(F)(F)F)C1=CCCCC1. The molecule has 0 radical (unpaired) electrons. The van der Waals surface area contributed by atoms with Gasteiger partial charge in [0.15, 0.2) is 0 Å². The molecule has 0 aromatic heterocycles. The van der Waals surface area contributed by atoms with Crippen LogP contribution in [-0.4, -0.2) is 32.5 Å². The third-order valence-corrected chi connectivity index (χ3v) is 2.94. The van der Waals surface area contributed by atoms with Crippen molar-refractivity contribution in [2.45, 2.75) is 44.3 Å².